The minimum absolute atomic E-state index is 0.200. The van der Waals surface area contributed by atoms with E-state index in [2.05, 4.69) is 0 Å². The van der Waals surface area contributed by atoms with Crippen LogP contribution in [0.15, 0.2) is 59.1 Å². The highest BCUT2D eigenvalue weighted by atomic mass is 19.1. The number of nitrogens with zero attached hydrogens (tertiary/aromatic N) is 1. The van der Waals surface area contributed by atoms with Gasteiger partial charge in [0.15, 0.2) is 11.4 Å². The number of rotatable bonds is 3. The number of hydrogen-bond acceptors (Lipinski definition) is 9. The van der Waals surface area contributed by atoms with Crippen LogP contribution in [0.2, 0.25) is 0 Å². The molecule has 0 saturated carbocycles. The highest BCUT2D eigenvalue weighted by Crippen LogP contribution is 2.56. The zero-order valence-electron chi connectivity index (χ0n) is 21.2. The van der Waals surface area contributed by atoms with E-state index >= 15 is 0 Å². The van der Waals surface area contributed by atoms with Crippen LogP contribution in [-0.4, -0.2) is 79.7 Å². The van der Waals surface area contributed by atoms with Crippen molar-refractivity contribution >= 4 is 17.5 Å². The van der Waals surface area contributed by atoms with Crippen LogP contribution < -0.4 is 5.73 Å². The summed E-state index contributed by atoms with van der Waals surface area (Å²) in [5.41, 5.74) is 1.63. The fourth-order valence-corrected chi connectivity index (χ4v) is 6.49. The number of ketones is 2. The van der Waals surface area contributed by atoms with Crippen molar-refractivity contribution in [1.82, 2.24) is 4.90 Å². The van der Waals surface area contributed by atoms with Crippen LogP contribution in [0.4, 0.5) is 4.39 Å². The monoisotopic (exact) mass is 538 g/mol. The Morgan fingerprint density at radius 3 is 2.23 bits per heavy atom. The third kappa shape index (κ3) is 3.40. The molecule has 11 heteroatoms. The molecule has 1 amide bonds. The molecule has 2 aromatic carbocycles. The first kappa shape index (κ1) is 26.5. The number of fused-ring (bicyclic) bond motifs is 3. The minimum atomic E-state index is -2.98. The summed E-state index contributed by atoms with van der Waals surface area (Å²) < 4.78 is 13.5. The van der Waals surface area contributed by atoms with Gasteiger partial charge in [0.2, 0.25) is 5.78 Å². The molecule has 3 aliphatic carbocycles. The molecule has 39 heavy (non-hydrogen) atoms. The van der Waals surface area contributed by atoms with Gasteiger partial charge >= 0.3 is 0 Å². The Bertz CT molecular complexity index is 1510. The number of carbonyl (C=O) groups excluding carboxylic acids is 3. The quantitative estimate of drug-likeness (QED) is 0.315. The number of Topliss-reactive ketones (excluding diaryl/α,β-unsaturated/α-hetero) is 2. The Morgan fingerprint density at radius 2 is 1.67 bits per heavy atom. The molecule has 10 nitrogen and oxygen atoms in total. The lowest BCUT2D eigenvalue weighted by Crippen LogP contribution is -2.68. The number of likely N-dealkylation sites (N-methyl/N-ethyl adjacent to an activating group) is 1. The van der Waals surface area contributed by atoms with Gasteiger partial charge in [-0.2, -0.15) is 0 Å². The van der Waals surface area contributed by atoms with Gasteiger partial charge in [0.25, 0.3) is 5.91 Å². The normalized spacial score (nSPS) is 30.3. The predicted octanol–water partition coefficient (Wildman–Crippen LogP) is 1.46. The summed E-state index contributed by atoms with van der Waals surface area (Å²) in [6.07, 6.45) is -1.67. The van der Waals surface area contributed by atoms with Gasteiger partial charge < -0.3 is 31.3 Å². The summed E-state index contributed by atoms with van der Waals surface area (Å²) in [4.78, 5) is 40.8. The van der Waals surface area contributed by atoms with Crippen LogP contribution in [0, 0.1) is 17.7 Å². The second-order valence-electron chi connectivity index (χ2n) is 10.5. The van der Waals surface area contributed by atoms with Crippen molar-refractivity contribution in [2.45, 2.75) is 30.6 Å². The highest BCUT2D eigenvalue weighted by Gasteiger charge is 2.67. The molecule has 7 N–H and O–H groups in total. The Balaban J connectivity index is 1.76. The maximum atomic E-state index is 13.9. The van der Waals surface area contributed by atoms with Crippen molar-refractivity contribution in [2.24, 2.45) is 17.6 Å². The Kier molecular flexibility index (Phi) is 5.94. The first-order valence-electron chi connectivity index (χ1n) is 12.2. The molecule has 3 aliphatic rings. The zero-order valence-corrected chi connectivity index (χ0v) is 21.2. The fourth-order valence-electron chi connectivity index (χ4n) is 6.49. The van der Waals surface area contributed by atoms with Crippen LogP contribution in [0.3, 0.4) is 0 Å². The fraction of sp³-hybridized carbons (Fsp3) is 0.321. The Morgan fingerprint density at radius 1 is 1.05 bits per heavy atom. The predicted molar refractivity (Wildman–Crippen MR) is 135 cm³/mol. The molecule has 0 heterocycles. The molecule has 0 aromatic heterocycles. The standard InChI is InChI=1S/C28H27FN2O8/c1-10-13-8-9-14(11-4-6-12(29)7-5-11)21(32)16(13)22(33)17-15(10)23(34)19-20(31(2)3)24(35)18(27(30)38)26(37)28(19,39)25(17)36/h4-10,15,19-20,23,32,34-36,39H,1-3H3,(H2,30,38)/t10-,15+,19+,20-,23-,28+/m1/s1. The molecule has 0 bridgehead atoms. The Labute approximate surface area is 222 Å². The summed E-state index contributed by atoms with van der Waals surface area (Å²) in [7, 11) is 2.94. The van der Waals surface area contributed by atoms with Crippen LogP contribution in [-0.2, 0) is 9.59 Å². The van der Waals surface area contributed by atoms with E-state index in [0.29, 0.717) is 11.1 Å². The number of carbonyl (C=O) groups is 3. The smallest absolute Gasteiger partial charge is 0.255 e. The second-order valence-corrected chi connectivity index (χ2v) is 10.5. The van der Waals surface area contributed by atoms with E-state index < -0.39 is 87.2 Å². The molecule has 0 radical (unpaired) electrons. The molecule has 6 atom stereocenters. The van der Waals surface area contributed by atoms with Crippen molar-refractivity contribution in [2.75, 3.05) is 14.1 Å². The number of aliphatic hydroxyl groups is 4. The maximum Gasteiger partial charge on any atom is 0.255 e. The molecular formula is C28H27FN2O8. The summed E-state index contributed by atoms with van der Waals surface area (Å²) in [5, 5.41) is 56.8. The average molecular weight is 539 g/mol. The van der Waals surface area contributed by atoms with E-state index in [-0.39, 0.29) is 11.1 Å². The van der Waals surface area contributed by atoms with Crippen LogP contribution in [0.1, 0.15) is 28.8 Å². The van der Waals surface area contributed by atoms with Gasteiger partial charge in [-0.3, -0.25) is 19.3 Å². The molecule has 5 rings (SSSR count). The van der Waals surface area contributed by atoms with E-state index in [4.69, 9.17) is 5.73 Å². The van der Waals surface area contributed by atoms with Crippen LogP contribution in [0.25, 0.3) is 11.1 Å². The third-order valence-corrected chi connectivity index (χ3v) is 8.29. The topological polar surface area (TPSA) is 182 Å². The molecule has 0 fully saturated rings. The molecule has 0 unspecified atom stereocenters. The summed E-state index contributed by atoms with van der Waals surface area (Å²) >= 11 is 0. The van der Waals surface area contributed by atoms with Crippen molar-refractivity contribution in [1.29, 1.82) is 0 Å². The first-order chi connectivity index (χ1) is 18.2. The van der Waals surface area contributed by atoms with Gasteiger partial charge in [0, 0.05) is 17.1 Å². The average Bonchev–Trinajstić information content (AvgIpc) is 2.86. The molecule has 2 aromatic rings. The van der Waals surface area contributed by atoms with E-state index in [1.165, 1.54) is 43.3 Å². The first-order valence-corrected chi connectivity index (χ1v) is 12.2. The van der Waals surface area contributed by atoms with E-state index in [1.54, 1.807) is 19.1 Å². The number of aliphatic hydroxyl groups excluding tert-OH is 3. The number of aromatic hydroxyl groups is 1. The maximum absolute atomic E-state index is 13.9. The van der Waals surface area contributed by atoms with Gasteiger partial charge in [0.1, 0.15) is 28.7 Å². The SMILES string of the molecule is C[C@@H]1c2ccc(-c3ccc(F)cc3)c(O)c2C(=O)C2=C(O)[C@]3(O)C(=O)C(C(N)=O)=C(O)[C@H](N(C)C)[C@H]3[C@H](O)[C@H]21. The number of phenolic OH excluding ortho intramolecular Hbond substituents is 1. The largest absolute Gasteiger partial charge is 0.510 e. The van der Waals surface area contributed by atoms with Crippen molar-refractivity contribution < 1.29 is 44.3 Å². The lowest BCUT2D eigenvalue weighted by Gasteiger charge is -2.53. The number of halogens is 1. The van der Waals surface area contributed by atoms with E-state index in [9.17, 15) is 44.3 Å². The highest BCUT2D eigenvalue weighted by molar-refractivity contribution is 6.25. The lowest BCUT2D eigenvalue weighted by molar-refractivity contribution is -0.162. The van der Waals surface area contributed by atoms with Gasteiger partial charge in [-0.25, -0.2) is 4.39 Å². The zero-order chi connectivity index (χ0) is 28.7. The summed E-state index contributed by atoms with van der Waals surface area (Å²) in [5.74, 6) is -10.0. The van der Waals surface area contributed by atoms with Crippen LogP contribution in [0.5, 0.6) is 5.75 Å². The van der Waals surface area contributed by atoms with Crippen molar-refractivity contribution in [3.63, 3.8) is 0 Å². The van der Waals surface area contributed by atoms with E-state index in [1.807, 2.05) is 0 Å². The van der Waals surface area contributed by atoms with Crippen molar-refractivity contribution in [3.05, 3.63) is 76.0 Å². The number of primary amides is 1. The number of amides is 1. The van der Waals surface area contributed by atoms with Gasteiger partial charge in [-0.05, 0) is 43.3 Å². The van der Waals surface area contributed by atoms with E-state index in [0.717, 1.165) is 0 Å². The molecule has 0 saturated heterocycles. The number of benzene rings is 2. The number of phenols is 1. The Hall–Kier alpha value is -4.06. The minimum Gasteiger partial charge on any atom is -0.510 e. The number of nitrogens with two attached hydrogens (primary N) is 1. The summed E-state index contributed by atoms with van der Waals surface area (Å²) in [6, 6.07) is 7.00. The van der Waals surface area contributed by atoms with Gasteiger partial charge in [-0.1, -0.05) is 31.2 Å². The summed E-state index contributed by atoms with van der Waals surface area (Å²) in [6.45, 7) is 1.65. The third-order valence-electron chi connectivity index (χ3n) is 8.29. The molecule has 0 spiro atoms. The molecule has 204 valence electrons. The van der Waals surface area contributed by atoms with Gasteiger partial charge in [0.05, 0.1) is 23.6 Å². The van der Waals surface area contributed by atoms with Gasteiger partial charge in [-0.15, -0.1) is 0 Å². The lowest BCUT2D eigenvalue weighted by atomic mass is 9.55. The molecule has 0 aliphatic heterocycles. The van der Waals surface area contributed by atoms with Crippen LogP contribution >= 0.6 is 0 Å². The van der Waals surface area contributed by atoms with Crippen molar-refractivity contribution in [3.8, 4) is 16.9 Å². The molecular weight excluding hydrogens is 511 g/mol. The number of hydrogen-bond donors (Lipinski definition) is 6. The second kappa shape index (κ2) is 8.73.